The van der Waals surface area contributed by atoms with Crippen molar-refractivity contribution in [1.29, 1.82) is 0 Å². The molecule has 5 nitrogen and oxygen atoms in total. The van der Waals surface area contributed by atoms with Gasteiger partial charge in [0.05, 0.1) is 36.1 Å². The lowest BCUT2D eigenvalue weighted by molar-refractivity contribution is 0.406. The third-order valence-corrected chi connectivity index (χ3v) is 4.41. The lowest BCUT2D eigenvalue weighted by atomic mass is 10.1. The third kappa shape index (κ3) is 3.00. The van der Waals surface area contributed by atoms with Gasteiger partial charge in [0.15, 0.2) is 0 Å². The first kappa shape index (κ1) is 15.0. The normalized spacial score (nSPS) is 12.4. The summed E-state index contributed by atoms with van der Waals surface area (Å²) in [5, 5.41) is 8.34. The summed E-state index contributed by atoms with van der Waals surface area (Å²) in [6.07, 6.45) is 4.77. The van der Waals surface area contributed by atoms with Crippen LogP contribution in [0.15, 0.2) is 12.4 Å². The molecular formula is C14H19BrN4O. The van der Waals surface area contributed by atoms with Crippen LogP contribution in [-0.2, 0) is 6.54 Å². The number of halogens is 1. The maximum Gasteiger partial charge on any atom is 0.128 e. The van der Waals surface area contributed by atoms with Crippen LogP contribution in [-0.4, -0.2) is 27.1 Å². The zero-order valence-corrected chi connectivity index (χ0v) is 13.8. The summed E-state index contributed by atoms with van der Waals surface area (Å²) in [4.78, 5) is 4.72. The molecule has 1 atom stereocenters. The monoisotopic (exact) mass is 338 g/mol. The van der Waals surface area contributed by atoms with Gasteiger partial charge >= 0.3 is 0 Å². The first-order valence-electron chi connectivity index (χ1n) is 6.60. The maximum absolute atomic E-state index is 5.42. The molecule has 6 heteroatoms. The van der Waals surface area contributed by atoms with E-state index in [2.05, 4.69) is 38.1 Å². The van der Waals surface area contributed by atoms with Crippen LogP contribution < -0.4 is 4.74 Å². The number of ether oxygens (including phenoxy) is 1. The molecule has 20 heavy (non-hydrogen) atoms. The summed E-state index contributed by atoms with van der Waals surface area (Å²) in [6.45, 7) is 6.71. The lowest BCUT2D eigenvalue weighted by Gasteiger charge is -2.11. The van der Waals surface area contributed by atoms with Gasteiger partial charge < -0.3 is 4.74 Å². The predicted molar refractivity (Wildman–Crippen MR) is 81.3 cm³/mol. The third-order valence-electron chi connectivity index (χ3n) is 3.30. The van der Waals surface area contributed by atoms with Gasteiger partial charge in [-0.3, -0.25) is 4.98 Å². The summed E-state index contributed by atoms with van der Waals surface area (Å²) in [6, 6.07) is 0. The highest BCUT2D eigenvalue weighted by molar-refractivity contribution is 9.09. The Kier molecular flexibility index (Phi) is 4.75. The van der Waals surface area contributed by atoms with Gasteiger partial charge in [0, 0.05) is 17.3 Å². The summed E-state index contributed by atoms with van der Waals surface area (Å²) in [5.41, 5.74) is 3.99. The largest absolute Gasteiger partial charge is 0.496 e. The Morgan fingerprint density at radius 2 is 2.15 bits per heavy atom. The molecule has 0 fully saturated rings. The second-order valence-corrected chi connectivity index (χ2v) is 5.87. The first-order valence-corrected chi connectivity index (χ1v) is 7.51. The Bertz CT molecular complexity index is 597. The molecule has 0 N–H and O–H groups in total. The second kappa shape index (κ2) is 6.35. The fourth-order valence-corrected chi connectivity index (χ4v) is 2.34. The molecule has 2 aromatic rings. The van der Waals surface area contributed by atoms with Gasteiger partial charge in [0.2, 0.25) is 0 Å². The second-order valence-electron chi connectivity index (χ2n) is 4.76. The van der Waals surface area contributed by atoms with Gasteiger partial charge in [-0.2, -0.15) is 0 Å². The van der Waals surface area contributed by atoms with Crippen molar-refractivity contribution in [3.8, 4) is 5.75 Å². The van der Waals surface area contributed by atoms with Crippen LogP contribution in [0.2, 0.25) is 0 Å². The average molecular weight is 339 g/mol. The fourth-order valence-electron chi connectivity index (χ4n) is 2.13. The molecule has 0 aliphatic rings. The van der Waals surface area contributed by atoms with Crippen LogP contribution in [0.1, 0.15) is 40.7 Å². The molecule has 0 aliphatic carbocycles. The standard InChI is InChI=1S/C14H19BrN4O/c1-5-11(15)13-8-19(18-17-13)7-12-10(3)14(20-4)9(2)6-16-12/h6,8,11H,5,7H2,1-4H3. The molecule has 0 saturated heterocycles. The van der Waals surface area contributed by atoms with E-state index in [0.717, 1.165) is 34.7 Å². The molecular weight excluding hydrogens is 320 g/mol. The van der Waals surface area contributed by atoms with E-state index < -0.39 is 0 Å². The molecule has 0 radical (unpaired) electrons. The van der Waals surface area contributed by atoms with Crippen LogP contribution >= 0.6 is 15.9 Å². The highest BCUT2D eigenvalue weighted by atomic mass is 79.9. The molecule has 0 aromatic carbocycles. The topological polar surface area (TPSA) is 52.8 Å². The number of aryl methyl sites for hydroxylation is 1. The Labute approximate surface area is 127 Å². The molecule has 0 amide bonds. The van der Waals surface area contributed by atoms with Crippen LogP contribution in [0.3, 0.4) is 0 Å². The van der Waals surface area contributed by atoms with Crippen molar-refractivity contribution in [1.82, 2.24) is 20.0 Å². The summed E-state index contributed by atoms with van der Waals surface area (Å²) in [7, 11) is 1.68. The van der Waals surface area contributed by atoms with Crippen molar-refractivity contribution in [2.24, 2.45) is 0 Å². The zero-order chi connectivity index (χ0) is 14.7. The summed E-state index contributed by atoms with van der Waals surface area (Å²) >= 11 is 3.58. The van der Waals surface area contributed by atoms with Crippen molar-refractivity contribution in [2.45, 2.75) is 38.6 Å². The lowest BCUT2D eigenvalue weighted by Crippen LogP contribution is -2.06. The van der Waals surface area contributed by atoms with E-state index in [-0.39, 0.29) is 4.83 Å². The van der Waals surface area contributed by atoms with Crippen LogP contribution in [0.5, 0.6) is 5.75 Å². The number of rotatable bonds is 5. The summed E-state index contributed by atoms with van der Waals surface area (Å²) in [5.74, 6) is 0.891. The van der Waals surface area contributed by atoms with Crippen molar-refractivity contribution in [3.05, 3.63) is 34.9 Å². The Morgan fingerprint density at radius 3 is 2.80 bits per heavy atom. The number of aromatic nitrogens is 4. The van der Waals surface area contributed by atoms with E-state index in [1.807, 2.05) is 30.9 Å². The van der Waals surface area contributed by atoms with Gasteiger partial charge in [0.25, 0.3) is 0 Å². The maximum atomic E-state index is 5.42. The molecule has 0 spiro atoms. The zero-order valence-electron chi connectivity index (χ0n) is 12.2. The van der Waals surface area contributed by atoms with E-state index >= 15 is 0 Å². The van der Waals surface area contributed by atoms with Gasteiger partial charge in [-0.05, 0) is 20.3 Å². The molecule has 0 saturated carbocycles. The molecule has 1 unspecified atom stereocenters. The number of hydrogen-bond acceptors (Lipinski definition) is 4. The van der Waals surface area contributed by atoms with Gasteiger partial charge in [0.1, 0.15) is 5.75 Å². The van der Waals surface area contributed by atoms with E-state index in [1.54, 1.807) is 7.11 Å². The van der Waals surface area contributed by atoms with Crippen LogP contribution in [0.4, 0.5) is 0 Å². The van der Waals surface area contributed by atoms with E-state index in [0.29, 0.717) is 6.54 Å². The van der Waals surface area contributed by atoms with Gasteiger partial charge in [-0.15, -0.1) is 5.10 Å². The van der Waals surface area contributed by atoms with Gasteiger partial charge in [-0.25, -0.2) is 4.68 Å². The van der Waals surface area contributed by atoms with E-state index in [9.17, 15) is 0 Å². The van der Waals surface area contributed by atoms with Crippen molar-refractivity contribution < 1.29 is 4.74 Å². The van der Waals surface area contributed by atoms with Crippen molar-refractivity contribution in [2.75, 3.05) is 7.11 Å². The minimum absolute atomic E-state index is 0.248. The minimum atomic E-state index is 0.248. The van der Waals surface area contributed by atoms with Crippen molar-refractivity contribution >= 4 is 15.9 Å². The first-order chi connectivity index (χ1) is 9.56. The van der Waals surface area contributed by atoms with E-state index in [1.165, 1.54) is 0 Å². The fraction of sp³-hybridized carbons (Fsp3) is 0.500. The van der Waals surface area contributed by atoms with E-state index in [4.69, 9.17) is 4.74 Å². The van der Waals surface area contributed by atoms with Crippen LogP contribution in [0.25, 0.3) is 0 Å². The molecule has 2 heterocycles. The van der Waals surface area contributed by atoms with Crippen molar-refractivity contribution in [3.63, 3.8) is 0 Å². The predicted octanol–water partition coefficient (Wildman–Crippen LogP) is 3.19. The smallest absolute Gasteiger partial charge is 0.128 e. The highest BCUT2D eigenvalue weighted by Crippen LogP contribution is 2.25. The molecule has 0 bridgehead atoms. The molecule has 0 aliphatic heterocycles. The minimum Gasteiger partial charge on any atom is -0.496 e. The average Bonchev–Trinajstić information content (AvgIpc) is 2.90. The number of nitrogens with zero attached hydrogens (tertiary/aromatic N) is 4. The Balaban J connectivity index is 2.24. The van der Waals surface area contributed by atoms with Gasteiger partial charge in [-0.1, -0.05) is 28.1 Å². The molecule has 2 aromatic heterocycles. The molecule has 2 rings (SSSR count). The number of methoxy groups -OCH3 is 1. The highest BCUT2D eigenvalue weighted by Gasteiger charge is 2.13. The Hall–Kier alpha value is -1.43. The number of hydrogen-bond donors (Lipinski definition) is 0. The quantitative estimate of drug-likeness (QED) is 0.785. The molecule has 108 valence electrons. The number of pyridine rings is 1. The number of alkyl halides is 1. The van der Waals surface area contributed by atoms with Crippen LogP contribution in [0, 0.1) is 13.8 Å². The Morgan fingerprint density at radius 1 is 1.40 bits per heavy atom. The SMILES string of the molecule is CCC(Br)c1cn(Cc2ncc(C)c(OC)c2C)nn1. The summed E-state index contributed by atoms with van der Waals surface area (Å²) < 4.78 is 7.23.